The second-order valence-corrected chi connectivity index (χ2v) is 18.1. The number of benzene rings is 3. The van der Waals surface area contributed by atoms with Crippen LogP contribution in [0.1, 0.15) is 52.0 Å². The van der Waals surface area contributed by atoms with Crippen LogP contribution in [-0.2, 0) is 16.1 Å². The van der Waals surface area contributed by atoms with Gasteiger partial charge in [-0.1, -0.05) is 43.8 Å². The molecule has 3 saturated heterocycles. The van der Waals surface area contributed by atoms with Gasteiger partial charge in [0.1, 0.15) is 22.6 Å². The Morgan fingerprint density at radius 3 is 2.41 bits per heavy atom. The molecular formula is C42H46ClFN9O5P. The lowest BCUT2D eigenvalue weighted by Gasteiger charge is -2.43. The Bertz CT molecular complexity index is 2300. The number of nitrogens with zero attached hydrogens (tertiary/aromatic N) is 6. The van der Waals surface area contributed by atoms with Gasteiger partial charge in [0.05, 0.1) is 30.1 Å². The summed E-state index contributed by atoms with van der Waals surface area (Å²) in [6.45, 7) is 9.77. The summed E-state index contributed by atoms with van der Waals surface area (Å²) >= 11 is 6.51. The maximum atomic E-state index is 15.9. The summed E-state index contributed by atoms with van der Waals surface area (Å²) in [5.74, 6) is -1.88. The third-order valence-electron chi connectivity index (χ3n) is 11.6. The molecule has 8 rings (SSSR count). The fourth-order valence-electron chi connectivity index (χ4n) is 8.42. The van der Waals surface area contributed by atoms with Crippen molar-refractivity contribution in [3.63, 3.8) is 0 Å². The Morgan fingerprint density at radius 1 is 0.915 bits per heavy atom. The van der Waals surface area contributed by atoms with E-state index in [0.29, 0.717) is 40.7 Å². The molecule has 3 fully saturated rings. The molecule has 3 aromatic carbocycles. The highest BCUT2D eigenvalue weighted by Gasteiger charge is 2.46. The molecule has 59 heavy (non-hydrogen) atoms. The van der Waals surface area contributed by atoms with Crippen molar-refractivity contribution in [1.29, 1.82) is 0 Å². The van der Waals surface area contributed by atoms with Gasteiger partial charge in [0, 0.05) is 68.2 Å². The zero-order chi connectivity index (χ0) is 41.4. The van der Waals surface area contributed by atoms with Gasteiger partial charge in [-0.25, -0.2) is 9.37 Å². The fraction of sp³-hybridized carbons (Fsp3) is 0.381. The summed E-state index contributed by atoms with van der Waals surface area (Å²) in [7, 11) is 1.31. The Labute approximate surface area is 348 Å². The minimum Gasteiger partial charge on any atom is -0.494 e. The number of halogens is 2. The van der Waals surface area contributed by atoms with E-state index in [1.807, 2.05) is 30.3 Å². The summed E-state index contributed by atoms with van der Waals surface area (Å²) in [6.07, 6.45) is 3.45. The second kappa shape index (κ2) is 17.2. The SMILES string of the molecule is COc1cc(N2CCN(C3CCN(Cc4ccc5c(c4F)C(=O)N(C4CCC(=O)NC4=O)C5=O)CC3)CC2)ccc1Nc1ncc(Cl)c(Nc2ccccc2P(C)C)n1. The van der Waals surface area contributed by atoms with Crippen molar-refractivity contribution in [2.45, 2.75) is 44.3 Å². The number of carbonyl (C=O) groups excluding carboxylic acids is 4. The summed E-state index contributed by atoms with van der Waals surface area (Å²) in [4.78, 5) is 67.4. The number of hydrogen-bond acceptors (Lipinski definition) is 12. The predicted molar refractivity (Wildman–Crippen MR) is 227 cm³/mol. The van der Waals surface area contributed by atoms with Crippen LogP contribution >= 0.6 is 19.5 Å². The first-order chi connectivity index (χ1) is 28.5. The van der Waals surface area contributed by atoms with E-state index in [1.54, 1.807) is 19.4 Å². The molecule has 1 aromatic heterocycles. The lowest BCUT2D eigenvalue weighted by molar-refractivity contribution is -0.136. The van der Waals surface area contributed by atoms with Crippen LogP contribution in [0.15, 0.2) is 60.8 Å². The van der Waals surface area contributed by atoms with Gasteiger partial charge >= 0.3 is 0 Å². The molecule has 0 radical (unpaired) electrons. The first-order valence-electron chi connectivity index (χ1n) is 19.7. The van der Waals surface area contributed by atoms with Gasteiger partial charge in [-0.2, -0.15) is 4.98 Å². The number of hydrogen-bond donors (Lipinski definition) is 3. The van der Waals surface area contributed by atoms with E-state index in [2.05, 4.69) is 66.1 Å². The van der Waals surface area contributed by atoms with Gasteiger partial charge in [0.15, 0.2) is 5.82 Å². The highest BCUT2D eigenvalue weighted by atomic mass is 35.5. The number of amides is 4. The number of rotatable bonds is 11. The fourth-order valence-corrected chi connectivity index (χ4v) is 9.56. The van der Waals surface area contributed by atoms with Crippen LogP contribution in [0.5, 0.6) is 5.75 Å². The lowest BCUT2D eigenvalue weighted by atomic mass is 10.00. The number of piperazine rings is 1. The number of methoxy groups -OCH3 is 1. The minimum atomic E-state index is -1.14. The number of fused-ring (bicyclic) bond motifs is 1. The third-order valence-corrected chi connectivity index (χ3v) is 13.2. The molecule has 1 unspecified atom stereocenters. The smallest absolute Gasteiger partial charge is 0.265 e. The normalized spacial score (nSPS) is 19.3. The van der Waals surface area contributed by atoms with E-state index in [1.165, 1.54) is 11.4 Å². The molecule has 3 N–H and O–H groups in total. The standard InChI is InChI=1S/C42H46ClFN9O5P/c1-58-33-22-27(9-11-30(33)47-42-45-23-29(43)38(49-42)46-31-6-4-5-7-34(31)59(2)3)52-20-18-51(19-21-52)26-14-16-50(17-15-26)24-25-8-10-28-36(37(25)44)41(57)53(40(28)56)32-12-13-35(54)48-39(32)55/h4-11,22-23,26,32H,12-21,24H2,1-3H3,(H,48,54,55)(H2,45,46,47,49). The van der Waals surface area contributed by atoms with Crippen LogP contribution in [0.3, 0.4) is 0 Å². The molecular weight excluding hydrogens is 796 g/mol. The number of aromatic nitrogens is 2. The van der Waals surface area contributed by atoms with Crippen LogP contribution in [0, 0.1) is 5.82 Å². The number of carbonyl (C=O) groups is 4. The molecule has 0 saturated carbocycles. The molecule has 4 aromatic rings. The van der Waals surface area contributed by atoms with E-state index in [0.717, 1.165) is 74.1 Å². The molecule has 4 aliphatic heterocycles. The van der Waals surface area contributed by atoms with Crippen molar-refractivity contribution in [3.05, 3.63) is 88.3 Å². The first kappa shape index (κ1) is 40.6. The van der Waals surface area contributed by atoms with E-state index >= 15 is 4.39 Å². The van der Waals surface area contributed by atoms with Crippen molar-refractivity contribution in [2.24, 2.45) is 0 Å². The van der Waals surface area contributed by atoms with E-state index in [9.17, 15) is 19.2 Å². The molecule has 4 amide bonds. The molecule has 308 valence electrons. The number of likely N-dealkylation sites (tertiary alicyclic amines) is 1. The molecule has 0 aliphatic carbocycles. The van der Waals surface area contributed by atoms with Crippen LogP contribution in [0.4, 0.5) is 33.2 Å². The van der Waals surface area contributed by atoms with Crippen molar-refractivity contribution in [1.82, 2.24) is 30.0 Å². The van der Waals surface area contributed by atoms with Gasteiger partial charge in [-0.15, -0.1) is 0 Å². The van der Waals surface area contributed by atoms with Crippen molar-refractivity contribution >= 4 is 77.3 Å². The zero-order valence-corrected chi connectivity index (χ0v) is 34.8. The Hall–Kier alpha value is -5.21. The van der Waals surface area contributed by atoms with E-state index < -0.39 is 35.5 Å². The van der Waals surface area contributed by atoms with Crippen LogP contribution in [0.2, 0.25) is 5.02 Å². The third kappa shape index (κ3) is 8.34. The lowest BCUT2D eigenvalue weighted by Crippen LogP contribution is -2.54. The molecule has 0 bridgehead atoms. The van der Waals surface area contributed by atoms with Crippen LogP contribution in [0.25, 0.3) is 0 Å². The van der Waals surface area contributed by atoms with Crippen molar-refractivity contribution in [3.8, 4) is 5.75 Å². The zero-order valence-electron chi connectivity index (χ0n) is 33.1. The molecule has 1 atom stereocenters. The summed E-state index contributed by atoms with van der Waals surface area (Å²) in [5, 5.41) is 10.5. The summed E-state index contributed by atoms with van der Waals surface area (Å²) in [6, 6.07) is 16.5. The second-order valence-electron chi connectivity index (χ2n) is 15.4. The topological polar surface area (TPSA) is 152 Å². The average Bonchev–Trinajstić information content (AvgIpc) is 3.49. The van der Waals surface area contributed by atoms with E-state index in [4.69, 9.17) is 16.3 Å². The number of imide groups is 2. The first-order valence-corrected chi connectivity index (χ1v) is 22.4. The number of piperidine rings is 2. The Kier molecular flexibility index (Phi) is 11.8. The maximum absolute atomic E-state index is 15.9. The van der Waals surface area contributed by atoms with Crippen molar-refractivity contribution < 1.29 is 28.3 Å². The van der Waals surface area contributed by atoms with Gasteiger partial charge < -0.3 is 20.3 Å². The minimum absolute atomic E-state index is 0.00265. The highest BCUT2D eigenvalue weighted by molar-refractivity contribution is 7.64. The predicted octanol–water partition coefficient (Wildman–Crippen LogP) is 5.32. The molecule has 5 heterocycles. The van der Waals surface area contributed by atoms with E-state index in [-0.39, 0.29) is 31.9 Å². The molecule has 14 nitrogen and oxygen atoms in total. The number of ether oxygens (including phenoxy) is 1. The van der Waals surface area contributed by atoms with Crippen molar-refractivity contribution in [2.75, 3.05) is 75.2 Å². The largest absolute Gasteiger partial charge is 0.494 e. The van der Waals surface area contributed by atoms with Gasteiger partial charge in [0.25, 0.3) is 11.8 Å². The highest BCUT2D eigenvalue weighted by Crippen LogP contribution is 2.35. The number of anilines is 5. The quantitative estimate of drug-likeness (QED) is 0.133. The Balaban J connectivity index is 0.841. The number of nitrogens with one attached hydrogen (secondary N) is 3. The van der Waals surface area contributed by atoms with Gasteiger partial charge in [0.2, 0.25) is 17.8 Å². The average molecular weight is 842 g/mol. The molecule has 4 aliphatic rings. The van der Waals surface area contributed by atoms with Crippen LogP contribution in [-0.4, -0.2) is 120 Å². The summed E-state index contributed by atoms with van der Waals surface area (Å²) in [5.41, 5.74) is 2.75. The van der Waals surface area contributed by atoms with Gasteiger partial charge in [-0.3, -0.25) is 39.2 Å². The van der Waals surface area contributed by atoms with Gasteiger partial charge in [-0.05, 0) is 75.3 Å². The summed E-state index contributed by atoms with van der Waals surface area (Å²) < 4.78 is 21.7. The molecule has 17 heteroatoms. The monoisotopic (exact) mass is 841 g/mol. The Morgan fingerprint density at radius 2 is 1.68 bits per heavy atom. The molecule has 0 spiro atoms. The number of para-hydroxylation sites is 1. The van der Waals surface area contributed by atoms with Crippen LogP contribution < -0.4 is 30.9 Å². The maximum Gasteiger partial charge on any atom is 0.265 e.